The summed E-state index contributed by atoms with van der Waals surface area (Å²) in [4.78, 5) is 20.7. The average Bonchev–Trinajstić information content (AvgIpc) is 2.34. The summed E-state index contributed by atoms with van der Waals surface area (Å²) in [6.07, 6.45) is 8.67. The van der Waals surface area contributed by atoms with Crippen LogP contribution in [-0.4, -0.2) is 11.6 Å². The molecular weight excluding hydrogens is 200 g/mol. The largest absolute Gasteiger partial charge is 0.295 e. The molecule has 0 atom stereocenters. The second-order valence-electron chi connectivity index (χ2n) is 3.51. The molecule has 0 bridgehead atoms. The first-order valence-electron chi connectivity index (χ1n) is 5.92. The predicted octanol–water partition coefficient (Wildman–Crippen LogP) is 3.86. The van der Waals surface area contributed by atoms with E-state index < -0.39 is 0 Å². The summed E-state index contributed by atoms with van der Waals surface area (Å²) in [5.74, 6) is 0.283. The number of hydrogen-bond acceptors (Lipinski definition) is 2. The topological polar surface area (TPSA) is 34.1 Å². The maximum Gasteiger partial charge on any atom is 0.155 e. The molecule has 2 heteroatoms. The normalized spacial score (nSPS) is 8.62. The SMILES string of the molecule is C=CC(=O)CC.C=CC(=O)CCCCCC. The van der Waals surface area contributed by atoms with Crippen molar-refractivity contribution < 1.29 is 9.59 Å². The minimum absolute atomic E-state index is 0.106. The molecule has 0 rings (SSSR count). The van der Waals surface area contributed by atoms with Crippen molar-refractivity contribution in [1.82, 2.24) is 0 Å². The predicted molar refractivity (Wildman–Crippen MR) is 69.5 cm³/mol. The highest BCUT2D eigenvalue weighted by Gasteiger charge is 1.93. The Balaban J connectivity index is 0. The summed E-state index contributed by atoms with van der Waals surface area (Å²) in [5.41, 5.74) is 0. The van der Waals surface area contributed by atoms with E-state index in [1.807, 2.05) is 6.92 Å². The van der Waals surface area contributed by atoms with Gasteiger partial charge < -0.3 is 0 Å². The lowest BCUT2D eigenvalue weighted by Gasteiger charge is -1.94. The second-order valence-corrected chi connectivity index (χ2v) is 3.51. The van der Waals surface area contributed by atoms with E-state index in [9.17, 15) is 9.59 Å². The van der Waals surface area contributed by atoms with Gasteiger partial charge in [0.15, 0.2) is 11.6 Å². The third-order valence-corrected chi connectivity index (χ3v) is 2.08. The van der Waals surface area contributed by atoms with Crippen LogP contribution in [0.1, 0.15) is 52.4 Å². The number of carbonyl (C=O) groups excluding carboxylic acids is 2. The van der Waals surface area contributed by atoms with Crippen LogP contribution in [0.5, 0.6) is 0 Å². The van der Waals surface area contributed by atoms with E-state index in [4.69, 9.17) is 0 Å². The second kappa shape index (κ2) is 13.8. The fourth-order valence-corrected chi connectivity index (χ4v) is 0.972. The summed E-state index contributed by atoms with van der Waals surface area (Å²) < 4.78 is 0. The van der Waals surface area contributed by atoms with Gasteiger partial charge in [0.1, 0.15) is 0 Å². The minimum Gasteiger partial charge on any atom is -0.295 e. The van der Waals surface area contributed by atoms with Crippen molar-refractivity contribution in [3.8, 4) is 0 Å². The summed E-state index contributed by atoms with van der Waals surface area (Å²) in [6.45, 7) is 10.7. The van der Waals surface area contributed by atoms with Gasteiger partial charge >= 0.3 is 0 Å². The van der Waals surface area contributed by atoms with Gasteiger partial charge in [-0.15, -0.1) is 0 Å². The van der Waals surface area contributed by atoms with Crippen LogP contribution in [0.2, 0.25) is 0 Å². The average molecular weight is 224 g/mol. The summed E-state index contributed by atoms with van der Waals surface area (Å²) in [7, 11) is 0. The van der Waals surface area contributed by atoms with E-state index in [-0.39, 0.29) is 11.6 Å². The third kappa shape index (κ3) is 15.3. The number of unbranched alkanes of at least 4 members (excludes halogenated alkanes) is 3. The smallest absolute Gasteiger partial charge is 0.155 e. The van der Waals surface area contributed by atoms with Crippen LogP contribution in [0.25, 0.3) is 0 Å². The van der Waals surface area contributed by atoms with E-state index in [0.29, 0.717) is 12.8 Å². The van der Waals surface area contributed by atoms with Crippen molar-refractivity contribution in [1.29, 1.82) is 0 Å². The van der Waals surface area contributed by atoms with Crippen molar-refractivity contribution in [2.24, 2.45) is 0 Å². The molecule has 0 N–H and O–H groups in total. The molecule has 0 saturated heterocycles. The molecule has 0 spiro atoms. The third-order valence-electron chi connectivity index (χ3n) is 2.08. The Kier molecular flexibility index (Phi) is 14.9. The molecule has 2 nitrogen and oxygen atoms in total. The Hall–Kier alpha value is -1.18. The molecule has 0 aromatic heterocycles. The van der Waals surface area contributed by atoms with Gasteiger partial charge in [-0.3, -0.25) is 9.59 Å². The number of ketones is 2. The van der Waals surface area contributed by atoms with Gasteiger partial charge in [0, 0.05) is 12.8 Å². The quantitative estimate of drug-likeness (QED) is 0.463. The van der Waals surface area contributed by atoms with E-state index in [1.54, 1.807) is 0 Å². The van der Waals surface area contributed by atoms with Crippen LogP contribution in [0.4, 0.5) is 0 Å². The number of carbonyl (C=O) groups is 2. The number of allylic oxidation sites excluding steroid dienone is 2. The Morgan fingerprint density at radius 2 is 1.50 bits per heavy atom. The first-order valence-corrected chi connectivity index (χ1v) is 5.92. The Labute approximate surface area is 99.4 Å². The van der Waals surface area contributed by atoms with Gasteiger partial charge in [-0.25, -0.2) is 0 Å². The molecule has 16 heavy (non-hydrogen) atoms. The van der Waals surface area contributed by atoms with Crippen LogP contribution in [0.3, 0.4) is 0 Å². The van der Waals surface area contributed by atoms with Gasteiger partial charge in [0.25, 0.3) is 0 Å². The summed E-state index contributed by atoms with van der Waals surface area (Å²) in [6, 6.07) is 0. The molecule has 0 fully saturated rings. The highest BCUT2D eigenvalue weighted by Crippen LogP contribution is 2.02. The molecule has 0 aliphatic carbocycles. The standard InChI is InChI=1S/C9H16O.C5H8O/c1-3-5-6-7-8-9(10)4-2;1-3-5(6)4-2/h4H,2-3,5-8H2,1H3;3H,1,4H2,2H3. The number of rotatable bonds is 8. The number of hydrogen-bond donors (Lipinski definition) is 0. The molecule has 0 aromatic carbocycles. The molecule has 0 radical (unpaired) electrons. The zero-order valence-electron chi connectivity index (χ0n) is 10.6. The zero-order valence-corrected chi connectivity index (χ0v) is 10.6. The molecule has 0 aliphatic heterocycles. The highest BCUT2D eigenvalue weighted by molar-refractivity contribution is 5.89. The maximum atomic E-state index is 10.7. The van der Waals surface area contributed by atoms with Crippen molar-refractivity contribution in [2.75, 3.05) is 0 Å². The van der Waals surface area contributed by atoms with E-state index in [1.165, 1.54) is 31.4 Å². The van der Waals surface area contributed by atoms with E-state index >= 15 is 0 Å². The van der Waals surface area contributed by atoms with E-state index in [0.717, 1.165) is 6.42 Å². The van der Waals surface area contributed by atoms with Gasteiger partial charge in [0.05, 0.1) is 0 Å². The van der Waals surface area contributed by atoms with Crippen LogP contribution in [-0.2, 0) is 9.59 Å². The molecule has 0 amide bonds. The molecule has 0 saturated carbocycles. The molecule has 0 heterocycles. The molecule has 0 aliphatic rings. The summed E-state index contributed by atoms with van der Waals surface area (Å²) >= 11 is 0. The van der Waals surface area contributed by atoms with Crippen molar-refractivity contribution >= 4 is 11.6 Å². The Bertz CT molecular complexity index is 217. The Morgan fingerprint density at radius 1 is 0.938 bits per heavy atom. The van der Waals surface area contributed by atoms with Gasteiger partial charge in [-0.2, -0.15) is 0 Å². The van der Waals surface area contributed by atoms with Gasteiger partial charge in [-0.1, -0.05) is 46.3 Å². The van der Waals surface area contributed by atoms with Crippen molar-refractivity contribution in [3.05, 3.63) is 25.3 Å². The van der Waals surface area contributed by atoms with Crippen molar-refractivity contribution in [3.63, 3.8) is 0 Å². The van der Waals surface area contributed by atoms with Crippen LogP contribution < -0.4 is 0 Å². The Morgan fingerprint density at radius 3 is 1.81 bits per heavy atom. The molecule has 0 unspecified atom stereocenters. The lowest BCUT2D eigenvalue weighted by Crippen LogP contribution is -1.90. The first-order chi connectivity index (χ1) is 7.62. The maximum absolute atomic E-state index is 10.7. The summed E-state index contributed by atoms with van der Waals surface area (Å²) in [5, 5.41) is 0. The zero-order chi connectivity index (χ0) is 12.8. The lowest BCUT2D eigenvalue weighted by molar-refractivity contribution is -0.115. The van der Waals surface area contributed by atoms with Gasteiger partial charge in [0.2, 0.25) is 0 Å². The minimum atomic E-state index is 0.106. The highest BCUT2D eigenvalue weighted by atomic mass is 16.1. The fraction of sp³-hybridized carbons (Fsp3) is 0.571. The van der Waals surface area contributed by atoms with Crippen molar-refractivity contribution in [2.45, 2.75) is 52.4 Å². The lowest BCUT2D eigenvalue weighted by atomic mass is 10.1. The van der Waals surface area contributed by atoms with Crippen LogP contribution in [0, 0.1) is 0 Å². The molecular formula is C14H24O2. The van der Waals surface area contributed by atoms with Crippen LogP contribution >= 0.6 is 0 Å². The fourth-order valence-electron chi connectivity index (χ4n) is 0.972. The van der Waals surface area contributed by atoms with Gasteiger partial charge in [-0.05, 0) is 18.6 Å². The van der Waals surface area contributed by atoms with E-state index in [2.05, 4.69) is 20.1 Å². The first kappa shape index (κ1) is 17.2. The monoisotopic (exact) mass is 224 g/mol. The molecule has 0 aromatic rings. The molecule has 92 valence electrons. The van der Waals surface area contributed by atoms with Crippen LogP contribution in [0.15, 0.2) is 25.3 Å².